The van der Waals surface area contributed by atoms with Gasteiger partial charge in [-0.3, -0.25) is 9.98 Å². The number of nitrogens with zero attached hydrogens (tertiary/aromatic N) is 2. The van der Waals surface area contributed by atoms with Crippen LogP contribution in [0.5, 0.6) is 0 Å². The Hall–Kier alpha value is -1.38. The second-order valence-corrected chi connectivity index (χ2v) is 2.95. The molecule has 3 nitrogen and oxygen atoms in total. The summed E-state index contributed by atoms with van der Waals surface area (Å²) in [6, 6.07) is 0. The molecule has 2 N–H and O–H groups in total. The summed E-state index contributed by atoms with van der Waals surface area (Å²) in [4.78, 5) is 8.37. The van der Waals surface area contributed by atoms with Gasteiger partial charge in [0.15, 0.2) is 0 Å². The quantitative estimate of drug-likeness (QED) is 0.529. The van der Waals surface area contributed by atoms with Crippen LogP contribution in [-0.2, 0) is 0 Å². The first-order valence-electron chi connectivity index (χ1n) is 4.80. The second-order valence-electron chi connectivity index (χ2n) is 2.95. The molecule has 0 aromatic rings. The molecule has 0 rings (SSSR count). The van der Waals surface area contributed by atoms with Crippen LogP contribution in [0.4, 0.5) is 0 Å². The Morgan fingerprint density at radius 3 is 2.50 bits per heavy atom. The van der Waals surface area contributed by atoms with Crippen molar-refractivity contribution in [2.24, 2.45) is 15.7 Å². The number of unbranched alkanes of at least 4 members (excludes halogenated alkanes) is 1. The Morgan fingerprint density at radius 2 is 2.07 bits per heavy atom. The van der Waals surface area contributed by atoms with Crippen molar-refractivity contribution in [3.05, 3.63) is 23.7 Å². The summed E-state index contributed by atoms with van der Waals surface area (Å²) in [7, 11) is 0. The van der Waals surface area contributed by atoms with Crippen LogP contribution in [0.1, 0.15) is 33.6 Å². The number of hydrogen-bond donors (Lipinski definition) is 1. The molecular formula is C11H19N3. The minimum absolute atomic E-state index is 0.459. The number of allylic oxidation sites excluding steroid dienone is 1. The molecule has 0 aliphatic heterocycles. The normalized spacial score (nSPS) is 13.6. The van der Waals surface area contributed by atoms with E-state index in [-0.39, 0.29) is 0 Å². The van der Waals surface area contributed by atoms with Gasteiger partial charge in [-0.2, -0.15) is 0 Å². The van der Waals surface area contributed by atoms with Crippen molar-refractivity contribution in [2.75, 3.05) is 0 Å². The number of nitrogens with two attached hydrogens (primary N) is 1. The maximum absolute atomic E-state index is 5.61. The molecule has 0 aromatic heterocycles. The molecule has 0 bridgehead atoms. The van der Waals surface area contributed by atoms with Gasteiger partial charge < -0.3 is 5.73 Å². The lowest BCUT2D eigenvalue weighted by molar-refractivity contribution is 1.00. The highest BCUT2D eigenvalue weighted by molar-refractivity contribution is 5.61. The Bertz CT molecular complexity index is 272. The predicted molar refractivity (Wildman–Crippen MR) is 63.6 cm³/mol. The Balaban J connectivity index is 4.76. The van der Waals surface area contributed by atoms with Crippen molar-refractivity contribution in [1.29, 1.82) is 0 Å². The average Bonchev–Trinajstić information content (AvgIpc) is 2.12. The molecule has 0 aliphatic rings. The summed E-state index contributed by atoms with van der Waals surface area (Å²) in [5, 5.41) is 0. The van der Waals surface area contributed by atoms with Gasteiger partial charge in [0.25, 0.3) is 0 Å². The summed E-state index contributed by atoms with van der Waals surface area (Å²) in [5.74, 6) is 0. The van der Waals surface area contributed by atoms with E-state index in [2.05, 4.69) is 23.5 Å². The van der Waals surface area contributed by atoms with Crippen LogP contribution >= 0.6 is 0 Å². The highest BCUT2D eigenvalue weighted by Crippen LogP contribution is 2.11. The molecule has 0 saturated heterocycles. The van der Waals surface area contributed by atoms with Crippen LogP contribution < -0.4 is 5.73 Å². The number of aliphatic imine (C=N–C) groups is 2. The van der Waals surface area contributed by atoms with E-state index in [0.29, 0.717) is 11.4 Å². The maximum atomic E-state index is 5.61. The van der Waals surface area contributed by atoms with Gasteiger partial charge in [0.1, 0.15) is 5.70 Å². The van der Waals surface area contributed by atoms with Crippen LogP contribution in [0, 0.1) is 0 Å². The average molecular weight is 193 g/mol. The van der Waals surface area contributed by atoms with Crippen molar-refractivity contribution < 1.29 is 0 Å². The zero-order valence-corrected chi connectivity index (χ0v) is 9.25. The van der Waals surface area contributed by atoms with Gasteiger partial charge in [-0.05, 0) is 20.3 Å². The maximum Gasteiger partial charge on any atom is 0.106 e. The third kappa shape index (κ3) is 4.60. The highest BCUT2D eigenvalue weighted by Gasteiger charge is 1.99. The van der Waals surface area contributed by atoms with E-state index in [1.807, 2.05) is 20.1 Å². The topological polar surface area (TPSA) is 50.7 Å². The number of hydrogen-bond acceptors (Lipinski definition) is 3. The molecule has 0 heterocycles. The van der Waals surface area contributed by atoms with Crippen LogP contribution in [0.2, 0.25) is 0 Å². The molecule has 0 saturated carbocycles. The summed E-state index contributed by atoms with van der Waals surface area (Å²) in [6.45, 7) is 9.50. The first-order valence-corrected chi connectivity index (χ1v) is 4.80. The molecule has 3 heteroatoms. The molecule has 0 radical (unpaired) electrons. The summed E-state index contributed by atoms with van der Waals surface area (Å²) in [6.07, 6.45) is 5.58. The summed E-state index contributed by atoms with van der Waals surface area (Å²) in [5.41, 5.74) is 7.54. The molecule has 0 spiro atoms. The fourth-order valence-corrected chi connectivity index (χ4v) is 0.948. The number of rotatable bonds is 5. The zero-order chi connectivity index (χ0) is 11.0. The zero-order valence-electron chi connectivity index (χ0n) is 9.25. The second kappa shape index (κ2) is 7.06. The van der Waals surface area contributed by atoms with Crippen molar-refractivity contribution in [3.63, 3.8) is 0 Å². The van der Waals surface area contributed by atoms with Gasteiger partial charge in [-0.15, -0.1) is 0 Å². The van der Waals surface area contributed by atoms with Crippen molar-refractivity contribution >= 4 is 12.4 Å². The van der Waals surface area contributed by atoms with E-state index in [9.17, 15) is 0 Å². The first-order chi connectivity index (χ1) is 6.63. The first kappa shape index (κ1) is 12.6. The van der Waals surface area contributed by atoms with Gasteiger partial charge in [0, 0.05) is 12.4 Å². The monoisotopic (exact) mass is 193 g/mol. The van der Waals surface area contributed by atoms with E-state index >= 15 is 0 Å². The van der Waals surface area contributed by atoms with E-state index in [1.165, 1.54) is 0 Å². The molecule has 0 unspecified atom stereocenters. The largest absolute Gasteiger partial charge is 0.397 e. The molecule has 0 aromatic carbocycles. The lowest BCUT2D eigenvalue weighted by Gasteiger charge is -2.02. The van der Waals surface area contributed by atoms with Gasteiger partial charge in [-0.1, -0.05) is 19.9 Å². The van der Waals surface area contributed by atoms with Gasteiger partial charge in [-0.25, -0.2) is 0 Å². The molecule has 0 fully saturated rings. The van der Waals surface area contributed by atoms with E-state index in [0.717, 1.165) is 18.5 Å². The minimum Gasteiger partial charge on any atom is -0.397 e. The van der Waals surface area contributed by atoms with E-state index in [4.69, 9.17) is 5.73 Å². The van der Waals surface area contributed by atoms with Crippen LogP contribution in [0.3, 0.4) is 0 Å². The van der Waals surface area contributed by atoms with Crippen molar-refractivity contribution in [1.82, 2.24) is 0 Å². The fraction of sp³-hybridized carbons (Fsp3) is 0.455. The lowest BCUT2D eigenvalue weighted by Crippen LogP contribution is -1.99. The molecule has 78 valence electrons. The van der Waals surface area contributed by atoms with Crippen LogP contribution in [0.25, 0.3) is 0 Å². The Kier molecular flexibility index (Phi) is 6.37. The van der Waals surface area contributed by atoms with Crippen molar-refractivity contribution in [2.45, 2.75) is 33.6 Å². The molecule has 14 heavy (non-hydrogen) atoms. The third-order valence-corrected chi connectivity index (χ3v) is 1.61. The molecular weight excluding hydrogens is 174 g/mol. The van der Waals surface area contributed by atoms with Crippen LogP contribution in [0.15, 0.2) is 33.7 Å². The third-order valence-electron chi connectivity index (χ3n) is 1.61. The Morgan fingerprint density at radius 1 is 1.43 bits per heavy atom. The van der Waals surface area contributed by atoms with E-state index in [1.54, 1.807) is 6.21 Å². The fourth-order valence-electron chi connectivity index (χ4n) is 0.948. The van der Waals surface area contributed by atoms with Crippen molar-refractivity contribution in [3.8, 4) is 0 Å². The van der Waals surface area contributed by atoms with Gasteiger partial charge >= 0.3 is 0 Å². The van der Waals surface area contributed by atoms with Crippen LogP contribution in [-0.4, -0.2) is 12.4 Å². The molecule has 0 atom stereocenters. The summed E-state index contributed by atoms with van der Waals surface area (Å²) >= 11 is 0. The smallest absolute Gasteiger partial charge is 0.106 e. The molecule has 0 aliphatic carbocycles. The predicted octanol–water partition coefficient (Wildman–Crippen LogP) is 2.65. The lowest BCUT2D eigenvalue weighted by atomic mass is 10.3. The van der Waals surface area contributed by atoms with Gasteiger partial charge in [0.2, 0.25) is 0 Å². The highest BCUT2D eigenvalue weighted by atomic mass is 14.8. The Labute approximate surface area is 86.1 Å². The SMILES string of the molecule is C=C(N)/C(N=CCCC)=C(/C)N=CC. The standard InChI is InChI=1S/C11H19N3/c1-5-7-8-14-11(9(3)12)10(4)13-6-2/h6,8H,3,5,7,12H2,1-2,4H3/b11-10+,13-6?,14-8?. The minimum atomic E-state index is 0.459. The van der Waals surface area contributed by atoms with Gasteiger partial charge in [0.05, 0.1) is 11.4 Å². The van der Waals surface area contributed by atoms with E-state index < -0.39 is 0 Å². The molecule has 0 amide bonds. The summed E-state index contributed by atoms with van der Waals surface area (Å²) < 4.78 is 0.